The minimum Gasteiger partial charge on any atom is -0.396 e. The first-order valence-electron chi connectivity index (χ1n) is 6.38. The predicted molar refractivity (Wildman–Crippen MR) is 76.8 cm³/mol. The van der Waals surface area contributed by atoms with Crippen LogP contribution in [-0.4, -0.2) is 32.1 Å². The van der Waals surface area contributed by atoms with Gasteiger partial charge in [0.25, 0.3) is 0 Å². The van der Waals surface area contributed by atoms with E-state index in [2.05, 4.69) is 10.0 Å². The number of carbonyl (C=O) groups is 1. The number of aliphatic hydroxyl groups excluding tert-OH is 1. The van der Waals surface area contributed by atoms with Gasteiger partial charge in [-0.25, -0.2) is 13.1 Å². The van der Waals surface area contributed by atoms with E-state index < -0.39 is 10.0 Å². The van der Waals surface area contributed by atoms with Crippen LogP contribution in [0.15, 0.2) is 29.2 Å². The van der Waals surface area contributed by atoms with Gasteiger partial charge < -0.3 is 10.4 Å². The zero-order valence-electron chi connectivity index (χ0n) is 11.6. The summed E-state index contributed by atoms with van der Waals surface area (Å²) < 4.78 is 26.3. The summed E-state index contributed by atoms with van der Waals surface area (Å²) in [5.74, 6) is -0.213. The molecule has 0 fully saturated rings. The molecule has 1 aromatic rings. The molecule has 6 nitrogen and oxygen atoms in total. The molecule has 1 amide bonds. The van der Waals surface area contributed by atoms with E-state index in [-0.39, 0.29) is 29.9 Å². The summed E-state index contributed by atoms with van der Waals surface area (Å²) in [7, 11) is -3.51. The number of anilines is 1. The molecule has 0 bridgehead atoms. The van der Waals surface area contributed by atoms with Gasteiger partial charge in [0.2, 0.25) is 15.9 Å². The van der Waals surface area contributed by atoms with E-state index >= 15 is 0 Å². The highest BCUT2D eigenvalue weighted by Gasteiger charge is 2.15. The number of aliphatic hydroxyl groups is 1. The average molecular weight is 300 g/mol. The fourth-order valence-electron chi connectivity index (χ4n) is 1.56. The van der Waals surface area contributed by atoms with Gasteiger partial charge in [-0.05, 0) is 44.5 Å². The Morgan fingerprint density at radius 3 is 2.35 bits per heavy atom. The summed E-state index contributed by atoms with van der Waals surface area (Å²) in [6, 6.07) is 5.76. The summed E-state index contributed by atoms with van der Waals surface area (Å²) in [5.41, 5.74) is 0.524. The van der Waals surface area contributed by atoms with Gasteiger partial charge in [-0.1, -0.05) is 0 Å². The van der Waals surface area contributed by atoms with Gasteiger partial charge in [-0.2, -0.15) is 0 Å². The molecule has 1 rings (SSSR count). The minimum absolute atomic E-state index is 0.0362. The predicted octanol–water partition coefficient (Wildman–Crippen LogP) is 1.08. The summed E-state index contributed by atoms with van der Waals surface area (Å²) in [6.45, 7) is 3.45. The molecule has 0 aliphatic heterocycles. The molecule has 0 atom stereocenters. The van der Waals surface area contributed by atoms with Gasteiger partial charge in [0, 0.05) is 24.8 Å². The van der Waals surface area contributed by atoms with Crippen LogP contribution in [0.1, 0.15) is 26.7 Å². The van der Waals surface area contributed by atoms with Crippen LogP contribution in [0.3, 0.4) is 0 Å². The molecule has 0 aliphatic carbocycles. The highest BCUT2D eigenvalue weighted by Crippen LogP contribution is 2.14. The molecule has 0 spiro atoms. The number of rotatable bonds is 7. The first-order chi connectivity index (χ1) is 9.35. The van der Waals surface area contributed by atoms with Crippen LogP contribution in [0.5, 0.6) is 0 Å². The number of carbonyl (C=O) groups excluding carboxylic acids is 1. The number of nitrogens with one attached hydrogen (secondary N) is 2. The van der Waals surface area contributed by atoms with Gasteiger partial charge >= 0.3 is 0 Å². The first-order valence-corrected chi connectivity index (χ1v) is 7.86. The van der Waals surface area contributed by atoms with Crippen molar-refractivity contribution in [2.75, 3.05) is 11.9 Å². The number of sulfonamides is 1. The van der Waals surface area contributed by atoms with E-state index in [1.165, 1.54) is 24.3 Å². The zero-order valence-corrected chi connectivity index (χ0v) is 12.4. The van der Waals surface area contributed by atoms with Gasteiger partial charge in [0.1, 0.15) is 0 Å². The lowest BCUT2D eigenvalue weighted by Crippen LogP contribution is -2.30. The topological polar surface area (TPSA) is 95.5 Å². The molecule has 0 aliphatic rings. The Morgan fingerprint density at radius 2 is 1.85 bits per heavy atom. The summed E-state index contributed by atoms with van der Waals surface area (Å²) in [6.07, 6.45) is 0.627. The highest BCUT2D eigenvalue weighted by molar-refractivity contribution is 7.89. The molecule has 1 aromatic carbocycles. The zero-order chi connectivity index (χ0) is 15.2. The van der Waals surface area contributed by atoms with Crippen molar-refractivity contribution in [3.8, 4) is 0 Å². The van der Waals surface area contributed by atoms with Crippen molar-refractivity contribution in [3.05, 3.63) is 24.3 Å². The maximum atomic E-state index is 11.9. The third-order valence-electron chi connectivity index (χ3n) is 2.40. The van der Waals surface area contributed by atoms with Crippen molar-refractivity contribution >= 4 is 21.6 Å². The molecule has 0 aromatic heterocycles. The van der Waals surface area contributed by atoms with Crippen molar-refractivity contribution in [2.24, 2.45) is 0 Å². The molecule has 0 unspecified atom stereocenters. The Kier molecular flexibility index (Phi) is 6.12. The van der Waals surface area contributed by atoms with Crippen LogP contribution in [0.4, 0.5) is 5.69 Å². The Hall–Kier alpha value is -1.44. The molecular weight excluding hydrogens is 280 g/mol. The minimum atomic E-state index is -3.51. The molecule has 0 saturated carbocycles. The smallest absolute Gasteiger partial charge is 0.240 e. The molecule has 112 valence electrons. The summed E-state index contributed by atoms with van der Waals surface area (Å²) >= 11 is 0. The standard InChI is InChI=1S/C13H20N2O4S/c1-10(2)15-20(18,19)12-7-5-11(6-8-12)14-13(17)4-3-9-16/h5-8,10,15-16H,3-4,9H2,1-2H3,(H,14,17). The Bertz CT molecular complexity index is 538. The lowest BCUT2D eigenvalue weighted by molar-refractivity contribution is -0.116. The molecule has 0 saturated heterocycles. The van der Waals surface area contributed by atoms with Crippen LogP contribution < -0.4 is 10.0 Å². The molecule has 0 heterocycles. The van der Waals surface area contributed by atoms with Crippen LogP contribution in [0.25, 0.3) is 0 Å². The fourth-order valence-corrected chi connectivity index (χ4v) is 2.81. The van der Waals surface area contributed by atoms with Crippen LogP contribution >= 0.6 is 0 Å². The van der Waals surface area contributed by atoms with Gasteiger partial charge in [0.05, 0.1) is 4.90 Å². The normalized spacial score (nSPS) is 11.6. The number of benzene rings is 1. The lowest BCUT2D eigenvalue weighted by atomic mass is 10.3. The van der Waals surface area contributed by atoms with Crippen molar-refractivity contribution < 1.29 is 18.3 Å². The fraction of sp³-hybridized carbons (Fsp3) is 0.462. The largest absolute Gasteiger partial charge is 0.396 e. The van der Waals surface area contributed by atoms with Crippen LogP contribution in [-0.2, 0) is 14.8 Å². The van der Waals surface area contributed by atoms with Crippen molar-refractivity contribution in [2.45, 2.75) is 37.6 Å². The number of amides is 1. The Labute approximate surface area is 119 Å². The van der Waals surface area contributed by atoms with Gasteiger partial charge in [-0.3, -0.25) is 4.79 Å². The molecule has 3 N–H and O–H groups in total. The second-order valence-electron chi connectivity index (χ2n) is 4.68. The van der Waals surface area contributed by atoms with Crippen LogP contribution in [0, 0.1) is 0 Å². The molecule has 20 heavy (non-hydrogen) atoms. The van der Waals surface area contributed by atoms with E-state index in [4.69, 9.17) is 5.11 Å². The SMILES string of the molecule is CC(C)NS(=O)(=O)c1ccc(NC(=O)CCCO)cc1. The molecular formula is C13H20N2O4S. The van der Waals surface area contributed by atoms with E-state index in [0.29, 0.717) is 12.1 Å². The third kappa shape index (κ3) is 5.28. The Morgan fingerprint density at radius 1 is 1.25 bits per heavy atom. The second kappa shape index (κ2) is 7.37. The lowest BCUT2D eigenvalue weighted by Gasteiger charge is -2.10. The van der Waals surface area contributed by atoms with Crippen molar-refractivity contribution in [1.82, 2.24) is 4.72 Å². The summed E-state index contributed by atoms with van der Waals surface area (Å²) in [4.78, 5) is 11.6. The molecule has 7 heteroatoms. The average Bonchev–Trinajstić information content (AvgIpc) is 2.35. The van der Waals surface area contributed by atoms with E-state index in [1.807, 2.05) is 0 Å². The maximum Gasteiger partial charge on any atom is 0.240 e. The van der Waals surface area contributed by atoms with E-state index in [9.17, 15) is 13.2 Å². The third-order valence-corrected chi connectivity index (χ3v) is 4.08. The number of hydrogen-bond donors (Lipinski definition) is 3. The quantitative estimate of drug-likeness (QED) is 0.702. The van der Waals surface area contributed by atoms with Gasteiger partial charge in [-0.15, -0.1) is 0 Å². The van der Waals surface area contributed by atoms with E-state index in [0.717, 1.165) is 0 Å². The van der Waals surface area contributed by atoms with Crippen molar-refractivity contribution in [3.63, 3.8) is 0 Å². The Balaban J connectivity index is 2.72. The van der Waals surface area contributed by atoms with E-state index in [1.54, 1.807) is 13.8 Å². The molecule has 0 radical (unpaired) electrons. The number of hydrogen-bond acceptors (Lipinski definition) is 4. The first kappa shape index (κ1) is 16.6. The second-order valence-corrected chi connectivity index (χ2v) is 6.39. The van der Waals surface area contributed by atoms with Crippen molar-refractivity contribution in [1.29, 1.82) is 0 Å². The van der Waals surface area contributed by atoms with Gasteiger partial charge in [0.15, 0.2) is 0 Å². The van der Waals surface area contributed by atoms with Crippen LogP contribution in [0.2, 0.25) is 0 Å². The summed E-state index contributed by atoms with van der Waals surface area (Å²) in [5, 5.41) is 11.3. The monoisotopic (exact) mass is 300 g/mol. The maximum absolute atomic E-state index is 11.9. The highest BCUT2D eigenvalue weighted by atomic mass is 32.2.